The summed E-state index contributed by atoms with van der Waals surface area (Å²) >= 11 is 0. The number of nitrogens with one attached hydrogen (secondary N) is 1. The van der Waals surface area contributed by atoms with Crippen molar-refractivity contribution in [3.8, 4) is 0 Å². The first-order valence-electron chi connectivity index (χ1n) is 10.8. The topological polar surface area (TPSA) is 92.0 Å². The largest absolute Gasteiger partial charge is 0.461 e. The molecule has 168 valence electrons. The van der Waals surface area contributed by atoms with E-state index in [1.54, 1.807) is 36.2 Å². The molecular weight excluding hydrogens is 426 g/mol. The SMILES string of the molecule is CCCCc1oc2ccccc2c1CN(C)C(=O)CCN=C1NS(=O)(=O)c2ccccc21. The Labute approximate surface area is 188 Å². The second-order valence-electron chi connectivity index (χ2n) is 7.94. The number of nitrogens with zero attached hydrogens (tertiary/aromatic N) is 2. The molecule has 1 aliphatic heterocycles. The molecule has 32 heavy (non-hydrogen) atoms. The summed E-state index contributed by atoms with van der Waals surface area (Å²) in [6.45, 7) is 2.80. The van der Waals surface area contributed by atoms with E-state index in [4.69, 9.17) is 4.42 Å². The summed E-state index contributed by atoms with van der Waals surface area (Å²) in [5.41, 5.74) is 2.43. The van der Waals surface area contributed by atoms with Crippen molar-refractivity contribution < 1.29 is 17.6 Å². The van der Waals surface area contributed by atoms with Crippen LogP contribution >= 0.6 is 0 Å². The fourth-order valence-electron chi connectivity index (χ4n) is 3.89. The number of sulfonamides is 1. The predicted octanol–water partition coefficient (Wildman–Crippen LogP) is 3.86. The molecule has 0 spiro atoms. The molecule has 2 heterocycles. The third-order valence-electron chi connectivity index (χ3n) is 5.62. The molecule has 0 saturated carbocycles. The van der Waals surface area contributed by atoms with Crippen molar-refractivity contribution in [2.45, 2.75) is 44.0 Å². The molecule has 1 N–H and O–H groups in total. The van der Waals surface area contributed by atoms with E-state index in [1.165, 1.54) is 0 Å². The van der Waals surface area contributed by atoms with Crippen LogP contribution in [-0.4, -0.2) is 38.7 Å². The lowest BCUT2D eigenvalue weighted by Gasteiger charge is -2.17. The van der Waals surface area contributed by atoms with Crippen LogP contribution in [0, 0.1) is 0 Å². The number of aliphatic imine (C=N–C) groups is 1. The number of rotatable bonds is 8. The Morgan fingerprint density at radius 2 is 1.88 bits per heavy atom. The van der Waals surface area contributed by atoms with Gasteiger partial charge >= 0.3 is 0 Å². The van der Waals surface area contributed by atoms with Gasteiger partial charge in [-0.05, 0) is 24.6 Å². The smallest absolute Gasteiger partial charge is 0.263 e. The highest BCUT2D eigenvalue weighted by Crippen LogP contribution is 2.28. The van der Waals surface area contributed by atoms with Crippen molar-refractivity contribution in [1.82, 2.24) is 9.62 Å². The van der Waals surface area contributed by atoms with Crippen molar-refractivity contribution in [2.24, 2.45) is 4.99 Å². The monoisotopic (exact) mass is 453 g/mol. The number of furan rings is 1. The Balaban J connectivity index is 1.44. The molecule has 0 fully saturated rings. The lowest BCUT2D eigenvalue weighted by molar-refractivity contribution is -0.130. The van der Waals surface area contributed by atoms with Gasteiger partial charge in [0.2, 0.25) is 5.91 Å². The molecular formula is C24H27N3O4S. The third kappa shape index (κ3) is 4.41. The summed E-state index contributed by atoms with van der Waals surface area (Å²) < 4.78 is 32.9. The lowest BCUT2D eigenvalue weighted by atomic mass is 10.1. The molecule has 0 aliphatic carbocycles. The van der Waals surface area contributed by atoms with E-state index >= 15 is 0 Å². The molecule has 1 aliphatic rings. The minimum absolute atomic E-state index is 0.0600. The van der Waals surface area contributed by atoms with Gasteiger partial charge in [-0.2, -0.15) is 0 Å². The van der Waals surface area contributed by atoms with Crippen LogP contribution in [0.5, 0.6) is 0 Å². The number of carbonyl (C=O) groups is 1. The van der Waals surface area contributed by atoms with E-state index < -0.39 is 10.0 Å². The van der Waals surface area contributed by atoms with Crippen molar-refractivity contribution in [1.29, 1.82) is 0 Å². The summed E-state index contributed by atoms with van der Waals surface area (Å²) in [4.78, 5) is 19.0. The summed E-state index contributed by atoms with van der Waals surface area (Å²) in [5.74, 6) is 1.17. The molecule has 2 aromatic carbocycles. The van der Waals surface area contributed by atoms with Crippen molar-refractivity contribution in [2.75, 3.05) is 13.6 Å². The number of fused-ring (bicyclic) bond motifs is 2. The molecule has 0 atom stereocenters. The Hall–Kier alpha value is -3.13. The van der Waals surface area contributed by atoms with Gasteiger partial charge in [0.1, 0.15) is 17.2 Å². The number of amidine groups is 1. The van der Waals surface area contributed by atoms with E-state index in [9.17, 15) is 13.2 Å². The first-order valence-corrected chi connectivity index (χ1v) is 12.3. The van der Waals surface area contributed by atoms with Gasteiger partial charge in [-0.25, -0.2) is 8.42 Å². The number of aryl methyl sites for hydroxylation is 1. The number of benzene rings is 2. The maximum Gasteiger partial charge on any atom is 0.263 e. The van der Waals surface area contributed by atoms with Gasteiger partial charge in [0.05, 0.1) is 11.4 Å². The zero-order valence-corrected chi connectivity index (χ0v) is 19.1. The molecule has 1 aromatic heterocycles. The first kappa shape index (κ1) is 22.1. The Kier molecular flexibility index (Phi) is 6.32. The minimum atomic E-state index is -3.58. The molecule has 0 bridgehead atoms. The molecule has 4 rings (SSSR count). The van der Waals surface area contributed by atoms with E-state index in [2.05, 4.69) is 16.6 Å². The average molecular weight is 454 g/mol. The van der Waals surface area contributed by atoms with Gasteiger partial charge in [0.15, 0.2) is 0 Å². The maximum absolute atomic E-state index is 12.8. The quantitative estimate of drug-likeness (QED) is 0.561. The Bertz CT molecular complexity index is 1280. The Morgan fingerprint density at radius 1 is 1.12 bits per heavy atom. The fourth-order valence-corrected chi connectivity index (χ4v) is 5.14. The standard InChI is InChI=1S/C24H27N3O4S/c1-3-4-11-21-19(17-9-5-7-12-20(17)31-21)16-27(2)23(28)14-15-25-24-18-10-6-8-13-22(18)32(29,30)26-24/h5-10,12-13H,3-4,11,14-16H2,1-2H3,(H,25,26). The van der Waals surface area contributed by atoms with Crippen molar-refractivity contribution in [3.63, 3.8) is 0 Å². The van der Waals surface area contributed by atoms with Gasteiger partial charge in [-0.1, -0.05) is 43.7 Å². The zero-order valence-electron chi connectivity index (χ0n) is 18.3. The number of para-hydroxylation sites is 1. The highest BCUT2D eigenvalue weighted by molar-refractivity contribution is 7.90. The van der Waals surface area contributed by atoms with Gasteiger partial charge in [0, 0.05) is 42.9 Å². The van der Waals surface area contributed by atoms with Crippen LogP contribution < -0.4 is 4.72 Å². The second-order valence-corrected chi connectivity index (χ2v) is 9.59. The number of amides is 1. The third-order valence-corrected chi connectivity index (χ3v) is 7.02. The number of hydrogen-bond donors (Lipinski definition) is 1. The summed E-state index contributed by atoms with van der Waals surface area (Å²) in [5, 5.41) is 1.04. The highest BCUT2D eigenvalue weighted by Gasteiger charge is 2.30. The Morgan fingerprint density at radius 3 is 2.69 bits per heavy atom. The normalized spacial score (nSPS) is 15.6. The van der Waals surface area contributed by atoms with Crippen molar-refractivity contribution in [3.05, 3.63) is 65.4 Å². The molecule has 8 heteroatoms. The predicted molar refractivity (Wildman–Crippen MR) is 124 cm³/mol. The molecule has 3 aromatic rings. The van der Waals surface area contributed by atoms with Gasteiger partial charge < -0.3 is 9.32 Å². The van der Waals surface area contributed by atoms with Gasteiger partial charge in [0.25, 0.3) is 10.0 Å². The number of unbranched alkanes of at least 4 members (excludes halogenated alkanes) is 1. The highest BCUT2D eigenvalue weighted by atomic mass is 32.2. The van der Waals surface area contributed by atoms with Crippen LogP contribution in [0.4, 0.5) is 0 Å². The van der Waals surface area contributed by atoms with Crippen LogP contribution in [0.15, 0.2) is 62.8 Å². The second kappa shape index (κ2) is 9.16. The van der Waals surface area contributed by atoms with E-state index in [0.29, 0.717) is 17.9 Å². The molecule has 0 radical (unpaired) electrons. The average Bonchev–Trinajstić information content (AvgIpc) is 3.26. The van der Waals surface area contributed by atoms with E-state index in [1.807, 2.05) is 24.3 Å². The van der Waals surface area contributed by atoms with Crippen LogP contribution in [0.1, 0.15) is 43.1 Å². The molecule has 1 amide bonds. The fraction of sp³-hybridized carbons (Fsp3) is 0.333. The zero-order chi connectivity index (χ0) is 22.7. The van der Waals surface area contributed by atoms with E-state index in [-0.39, 0.29) is 23.8 Å². The van der Waals surface area contributed by atoms with Crippen molar-refractivity contribution >= 4 is 32.7 Å². The summed E-state index contributed by atoms with van der Waals surface area (Å²) in [6, 6.07) is 14.6. The van der Waals surface area contributed by atoms with Crippen LogP contribution in [0.25, 0.3) is 11.0 Å². The lowest BCUT2D eigenvalue weighted by Crippen LogP contribution is -2.27. The van der Waals surface area contributed by atoms with Crippen LogP contribution in [0.2, 0.25) is 0 Å². The number of hydrogen-bond acceptors (Lipinski definition) is 5. The van der Waals surface area contributed by atoms with Crippen LogP contribution in [-0.2, 0) is 27.8 Å². The van der Waals surface area contributed by atoms with Crippen LogP contribution in [0.3, 0.4) is 0 Å². The first-order chi connectivity index (χ1) is 15.4. The molecule has 0 unspecified atom stereocenters. The molecule has 0 saturated heterocycles. The maximum atomic E-state index is 12.8. The summed E-state index contributed by atoms with van der Waals surface area (Å²) in [6.07, 6.45) is 3.12. The molecule has 7 nitrogen and oxygen atoms in total. The number of carbonyl (C=O) groups excluding carboxylic acids is 1. The van der Waals surface area contributed by atoms with Gasteiger partial charge in [-0.15, -0.1) is 0 Å². The summed E-state index contributed by atoms with van der Waals surface area (Å²) in [7, 11) is -1.80. The van der Waals surface area contributed by atoms with Gasteiger partial charge in [-0.3, -0.25) is 14.5 Å². The van der Waals surface area contributed by atoms with E-state index in [0.717, 1.165) is 41.6 Å². The minimum Gasteiger partial charge on any atom is -0.461 e.